The molecule has 4 aromatic rings. The van der Waals surface area contributed by atoms with Gasteiger partial charge in [-0.05, 0) is 44.2 Å². The number of Topliss-reactive ketones (excluding diaryl/α,β-unsaturated/α-hetero) is 1. The maximum absolute atomic E-state index is 12.5. The predicted octanol–water partition coefficient (Wildman–Crippen LogP) is 5.24. The molecule has 0 saturated carbocycles. The second kappa shape index (κ2) is 8.16. The number of hydrogen-bond acceptors (Lipinski definition) is 6. The Hall–Kier alpha value is -2.64. The van der Waals surface area contributed by atoms with Crippen LogP contribution >= 0.6 is 23.1 Å². The number of aryl methyl sites for hydroxylation is 2. The van der Waals surface area contributed by atoms with E-state index in [2.05, 4.69) is 16.3 Å². The summed E-state index contributed by atoms with van der Waals surface area (Å²) in [6, 6.07) is 15.8. The molecule has 28 heavy (non-hydrogen) atoms. The Labute approximate surface area is 171 Å². The van der Waals surface area contributed by atoms with E-state index in [0.29, 0.717) is 17.5 Å². The number of carbonyl (C=O) groups excluding carboxylic acids is 1. The fourth-order valence-corrected chi connectivity index (χ4v) is 4.60. The highest BCUT2D eigenvalue weighted by atomic mass is 32.2. The number of benzene rings is 1. The van der Waals surface area contributed by atoms with Gasteiger partial charge in [0.15, 0.2) is 16.8 Å². The Balaban J connectivity index is 1.62. The molecular weight excluding hydrogens is 390 g/mol. The molecule has 0 bridgehead atoms. The third kappa shape index (κ3) is 4.10. The van der Waals surface area contributed by atoms with Crippen molar-refractivity contribution in [2.24, 2.45) is 0 Å². The Bertz CT molecular complexity index is 1100. The highest BCUT2D eigenvalue weighted by Gasteiger charge is 2.18. The third-order valence-electron chi connectivity index (χ3n) is 4.23. The van der Waals surface area contributed by atoms with Crippen molar-refractivity contribution < 1.29 is 9.21 Å². The van der Waals surface area contributed by atoms with E-state index < -0.39 is 0 Å². The maximum atomic E-state index is 12.5. The Morgan fingerprint density at radius 1 is 1.14 bits per heavy atom. The fraction of sp³-hybridized carbons (Fsp3) is 0.190. The van der Waals surface area contributed by atoms with Gasteiger partial charge in [-0.25, -0.2) is 0 Å². The molecule has 3 aromatic heterocycles. The molecule has 3 heterocycles. The van der Waals surface area contributed by atoms with E-state index in [1.807, 2.05) is 60.9 Å². The van der Waals surface area contributed by atoms with E-state index in [9.17, 15) is 4.79 Å². The van der Waals surface area contributed by atoms with Crippen LogP contribution in [0, 0.1) is 13.8 Å². The SMILES string of the molecule is Cc1cccc(-c2nnc(SCC(=O)c3ccc(C)s3)n2Cc2ccco2)c1. The predicted molar refractivity (Wildman–Crippen MR) is 112 cm³/mol. The number of ketones is 1. The molecular formula is C21H19N3O2S2. The van der Waals surface area contributed by atoms with Gasteiger partial charge in [-0.1, -0.05) is 35.5 Å². The highest BCUT2D eigenvalue weighted by Crippen LogP contribution is 2.27. The average molecular weight is 410 g/mol. The van der Waals surface area contributed by atoms with Crippen molar-refractivity contribution in [3.8, 4) is 11.4 Å². The van der Waals surface area contributed by atoms with Gasteiger partial charge in [0.25, 0.3) is 0 Å². The molecule has 0 atom stereocenters. The van der Waals surface area contributed by atoms with Crippen LogP contribution in [0.15, 0.2) is 64.4 Å². The Kier molecular flexibility index (Phi) is 5.45. The largest absolute Gasteiger partial charge is 0.467 e. The maximum Gasteiger partial charge on any atom is 0.192 e. The van der Waals surface area contributed by atoms with Crippen LogP contribution < -0.4 is 0 Å². The van der Waals surface area contributed by atoms with Gasteiger partial charge in [0.2, 0.25) is 0 Å². The molecule has 0 unspecified atom stereocenters. The van der Waals surface area contributed by atoms with Crippen LogP contribution in [-0.4, -0.2) is 26.3 Å². The first-order valence-corrected chi connectivity index (χ1v) is 10.7. The first kappa shape index (κ1) is 18.7. The molecule has 142 valence electrons. The number of aromatic nitrogens is 3. The molecule has 0 spiro atoms. The van der Waals surface area contributed by atoms with Crippen molar-refractivity contribution in [2.45, 2.75) is 25.5 Å². The first-order valence-electron chi connectivity index (χ1n) is 8.85. The van der Waals surface area contributed by atoms with Gasteiger partial charge in [-0.2, -0.15) is 0 Å². The molecule has 0 aliphatic heterocycles. The number of furan rings is 1. The average Bonchev–Trinajstić information content (AvgIpc) is 3.42. The second-order valence-electron chi connectivity index (χ2n) is 6.46. The molecule has 0 radical (unpaired) electrons. The number of nitrogens with zero attached hydrogens (tertiary/aromatic N) is 3. The second-order valence-corrected chi connectivity index (χ2v) is 8.69. The molecule has 5 nitrogen and oxygen atoms in total. The summed E-state index contributed by atoms with van der Waals surface area (Å²) in [5, 5.41) is 9.47. The molecule has 1 aromatic carbocycles. The van der Waals surface area contributed by atoms with E-state index in [0.717, 1.165) is 32.5 Å². The van der Waals surface area contributed by atoms with Crippen molar-refractivity contribution >= 4 is 28.9 Å². The summed E-state index contributed by atoms with van der Waals surface area (Å²) in [5.74, 6) is 2.01. The fourth-order valence-electron chi connectivity index (χ4n) is 2.88. The van der Waals surface area contributed by atoms with Crippen molar-refractivity contribution in [3.05, 3.63) is 75.9 Å². The standard InChI is InChI=1S/C21H19N3O2S2/c1-14-5-3-6-16(11-14)20-22-23-21(24(20)12-17-7-4-10-26-17)27-13-18(25)19-9-8-15(2)28-19/h3-11H,12-13H2,1-2H3. The van der Waals surface area contributed by atoms with Crippen molar-refractivity contribution in [2.75, 3.05) is 5.75 Å². The van der Waals surface area contributed by atoms with Crippen LogP contribution in [0.4, 0.5) is 0 Å². The van der Waals surface area contributed by atoms with Crippen molar-refractivity contribution in [3.63, 3.8) is 0 Å². The van der Waals surface area contributed by atoms with Crippen LogP contribution in [0.25, 0.3) is 11.4 Å². The van der Waals surface area contributed by atoms with Gasteiger partial charge in [0.1, 0.15) is 5.76 Å². The van der Waals surface area contributed by atoms with E-state index in [1.165, 1.54) is 23.1 Å². The van der Waals surface area contributed by atoms with E-state index in [-0.39, 0.29) is 5.78 Å². The van der Waals surface area contributed by atoms with Crippen LogP contribution in [0.5, 0.6) is 0 Å². The lowest BCUT2D eigenvalue weighted by Gasteiger charge is -2.09. The molecule has 0 fully saturated rings. The monoisotopic (exact) mass is 409 g/mol. The summed E-state index contributed by atoms with van der Waals surface area (Å²) in [4.78, 5) is 14.4. The lowest BCUT2D eigenvalue weighted by molar-refractivity contribution is 0.102. The van der Waals surface area contributed by atoms with Gasteiger partial charge in [0.05, 0.1) is 23.4 Å². The number of thioether (sulfide) groups is 1. The summed E-state index contributed by atoms with van der Waals surface area (Å²) < 4.78 is 7.53. The topological polar surface area (TPSA) is 60.9 Å². The normalized spacial score (nSPS) is 11.1. The zero-order valence-corrected chi connectivity index (χ0v) is 17.2. The van der Waals surface area contributed by atoms with Crippen molar-refractivity contribution in [1.82, 2.24) is 14.8 Å². The molecule has 0 amide bonds. The Morgan fingerprint density at radius 3 is 2.75 bits per heavy atom. The molecule has 4 rings (SSSR count). The quantitative estimate of drug-likeness (QED) is 0.309. The minimum Gasteiger partial charge on any atom is -0.467 e. The lowest BCUT2D eigenvalue weighted by Crippen LogP contribution is -2.06. The summed E-state index contributed by atoms with van der Waals surface area (Å²) >= 11 is 2.93. The summed E-state index contributed by atoms with van der Waals surface area (Å²) in [7, 11) is 0. The summed E-state index contributed by atoms with van der Waals surface area (Å²) in [5.41, 5.74) is 2.15. The first-order chi connectivity index (χ1) is 13.6. The van der Waals surface area contributed by atoms with Gasteiger partial charge < -0.3 is 4.42 Å². The molecule has 0 aliphatic rings. The van der Waals surface area contributed by atoms with Crippen molar-refractivity contribution in [1.29, 1.82) is 0 Å². The lowest BCUT2D eigenvalue weighted by atomic mass is 10.1. The van der Waals surface area contributed by atoms with Crippen LogP contribution in [0.3, 0.4) is 0 Å². The van der Waals surface area contributed by atoms with Crippen LogP contribution in [0.2, 0.25) is 0 Å². The molecule has 0 aliphatic carbocycles. The molecule has 0 N–H and O–H groups in total. The van der Waals surface area contributed by atoms with Crippen LogP contribution in [-0.2, 0) is 6.54 Å². The van der Waals surface area contributed by atoms with Gasteiger partial charge in [0, 0.05) is 10.4 Å². The number of carbonyl (C=O) groups is 1. The van der Waals surface area contributed by atoms with Crippen LogP contribution in [0.1, 0.15) is 25.9 Å². The molecule has 0 saturated heterocycles. The number of rotatable bonds is 7. The van der Waals surface area contributed by atoms with Gasteiger partial charge in [-0.3, -0.25) is 9.36 Å². The van der Waals surface area contributed by atoms with E-state index in [1.54, 1.807) is 6.26 Å². The number of thiophene rings is 1. The van der Waals surface area contributed by atoms with E-state index >= 15 is 0 Å². The van der Waals surface area contributed by atoms with Gasteiger partial charge in [-0.15, -0.1) is 21.5 Å². The highest BCUT2D eigenvalue weighted by molar-refractivity contribution is 7.99. The Morgan fingerprint density at radius 2 is 2.04 bits per heavy atom. The minimum absolute atomic E-state index is 0.104. The third-order valence-corrected chi connectivity index (χ3v) is 6.24. The molecule has 7 heteroatoms. The van der Waals surface area contributed by atoms with Gasteiger partial charge >= 0.3 is 0 Å². The summed E-state index contributed by atoms with van der Waals surface area (Å²) in [6.07, 6.45) is 1.65. The smallest absolute Gasteiger partial charge is 0.192 e. The zero-order valence-electron chi connectivity index (χ0n) is 15.6. The summed E-state index contributed by atoms with van der Waals surface area (Å²) in [6.45, 7) is 4.56. The minimum atomic E-state index is 0.104. The van der Waals surface area contributed by atoms with E-state index in [4.69, 9.17) is 4.42 Å². The zero-order chi connectivity index (χ0) is 19.5. The number of hydrogen-bond donors (Lipinski definition) is 0.